The van der Waals surface area contributed by atoms with Gasteiger partial charge < -0.3 is 15.0 Å². The van der Waals surface area contributed by atoms with E-state index >= 15 is 0 Å². The molecule has 1 unspecified atom stereocenters. The Bertz CT molecular complexity index is 774. The molecule has 0 aliphatic carbocycles. The molecule has 1 atom stereocenters. The van der Waals surface area contributed by atoms with Gasteiger partial charge in [-0.15, -0.1) is 0 Å². The van der Waals surface area contributed by atoms with Crippen molar-refractivity contribution < 1.29 is 5.11 Å². The summed E-state index contributed by atoms with van der Waals surface area (Å²) in [5, 5.41) is 22.7. The highest BCUT2D eigenvalue weighted by Crippen LogP contribution is 2.18. The molecule has 0 fully saturated rings. The van der Waals surface area contributed by atoms with Gasteiger partial charge in [0.25, 0.3) is 0 Å². The Morgan fingerprint density at radius 3 is 2.80 bits per heavy atom. The largest absolute Gasteiger partial charge is 0.390 e. The number of fused-ring (bicyclic) bond motifs is 1. The minimum absolute atomic E-state index is 0.398. The first-order valence-electron chi connectivity index (χ1n) is 8.81. The van der Waals surface area contributed by atoms with Gasteiger partial charge in [-0.1, -0.05) is 24.3 Å². The van der Waals surface area contributed by atoms with Crippen molar-refractivity contribution in [2.45, 2.75) is 32.5 Å². The Morgan fingerprint density at radius 1 is 1.32 bits per heavy atom. The summed E-state index contributed by atoms with van der Waals surface area (Å²) < 4.78 is 1.90. The predicted molar refractivity (Wildman–Crippen MR) is 98.0 cm³/mol. The second-order valence-electron chi connectivity index (χ2n) is 6.85. The maximum atomic E-state index is 10.3. The molecule has 2 N–H and O–H groups in total. The molecule has 0 spiro atoms. The van der Waals surface area contributed by atoms with E-state index in [1.54, 1.807) is 0 Å². The first-order valence-corrected chi connectivity index (χ1v) is 8.81. The fourth-order valence-corrected chi connectivity index (χ4v) is 3.49. The van der Waals surface area contributed by atoms with Gasteiger partial charge in [0.1, 0.15) is 11.8 Å². The summed E-state index contributed by atoms with van der Waals surface area (Å²) in [6, 6.07) is 12.7. The molecule has 0 radical (unpaired) electrons. The van der Waals surface area contributed by atoms with E-state index in [0.717, 1.165) is 30.8 Å². The van der Waals surface area contributed by atoms with Gasteiger partial charge in [0.2, 0.25) is 0 Å². The van der Waals surface area contributed by atoms with Crippen LogP contribution in [-0.4, -0.2) is 40.3 Å². The van der Waals surface area contributed by atoms with Crippen molar-refractivity contribution in [3.8, 4) is 6.07 Å². The zero-order valence-electron chi connectivity index (χ0n) is 15.0. The lowest BCUT2D eigenvalue weighted by Gasteiger charge is -2.30. The Kier molecular flexibility index (Phi) is 5.54. The number of nitriles is 1. The van der Waals surface area contributed by atoms with Crippen LogP contribution in [0.2, 0.25) is 0 Å². The van der Waals surface area contributed by atoms with E-state index in [4.69, 9.17) is 5.26 Å². The average molecular weight is 338 g/mol. The molecule has 0 bridgehead atoms. The molecule has 0 saturated carbocycles. The summed E-state index contributed by atoms with van der Waals surface area (Å²) in [5.74, 6) is 0. The Morgan fingerprint density at radius 2 is 2.08 bits per heavy atom. The average Bonchev–Trinajstić information content (AvgIpc) is 2.89. The molecule has 132 valence electrons. The van der Waals surface area contributed by atoms with E-state index in [0.29, 0.717) is 25.3 Å². The van der Waals surface area contributed by atoms with E-state index in [1.807, 2.05) is 24.6 Å². The number of benzene rings is 1. The van der Waals surface area contributed by atoms with Crippen LogP contribution in [0.25, 0.3) is 0 Å². The maximum Gasteiger partial charge on any atom is 0.120 e. The molecule has 1 aromatic heterocycles. The van der Waals surface area contributed by atoms with Crippen molar-refractivity contribution in [2.75, 3.05) is 19.6 Å². The van der Waals surface area contributed by atoms with E-state index in [2.05, 4.69) is 40.6 Å². The third-order valence-electron chi connectivity index (χ3n) is 5.13. The van der Waals surface area contributed by atoms with Crippen LogP contribution >= 0.6 is 0 Å². The molecular weight excluding hydrogens is 312 g/mol. The molecule has 0 amide bonds. The fraction of sp³-hybridized carbons (Fsp3) is 0.450. The van der Waals surface area contributed by atoms with Crippen LogP contribution in [-0.2, 0) is 26.6 Å². The number of aliphatic hydroxyl groups excluding tert-OH is 1. The van der Waals surface area contributed by atoms with E-state index in [9.17, 15) is 5.11 Å². The van der Waals surface area contributed by atoms with E-state index < -0.39 is 6.10 Å². The standard InChI is InChI=1S/C20H26N4O/c1-15-18(9-19(10-21)23(15)2)11-22-12-20(25)14-24-8-7-16-5-3-4-6-17(16)13-24/h3-6,9,20,22,25H,7-8,11-14H2,1-2H3. The number of nitrogens with one attached hydrogen (secondary N) is 1. The zero-order valence-corrected chi connectivity index (χ0v) is 15.0. The molecule has 1 aromatic carbocycles. The van der Waals surface area contributed by atoms with Crippen molar-refractivity contribution in [1.29, 1.82) is 5.26 Å². The highest BCUT2D eigenvalue weighted by molar-refractivity contribution is 5.34. The van der Waals surface area contributed by atoms with Crippen LogP contribution in [0.1, 0.15) is 28.1 Å². The second kappa shape index (κ2) is 7.83. The number of hydrogen-bond donors (Lipinski definition) is 2. The minimum atomic E-state index is -0.398. The number of hydrogen-bond acceptors (Lipinski definition) is 4. The van der Waals surface area contributed by atoms with Crippen LogP contribution in [0.4, 0.5) is 0 Å². The van der Waals surface area contributed by atoms with Gasteiger partial charge in [0, 0.05) is 45.5 Å². The van der Waals surface area contributed by atoms with Gasteiger partial charge in [-0.2, -0.15) is 5.26 Å². The van der Waals surface area contributed by atoms with Crippen molar-refractivity contribution in [3.63, 3.8) is 0 Å². The third kappa shape index (κ3) is 4.10. The maximum absolute atomic E-state index is 10.3. The molecule has 5 nitrogen and oxygen atoms in total. The molecule has 1 aliphatic rings. The highest BCUT2D eigenvalue weighted by Gasteiger charge is 2.18. The molecule has 25 heavy (non-hydrogen) atoms. The number of nitrogens with zero attached hydrogens (tertiary/aromatic N) is 3. The summed E-state index contributed by atoms with van der Waals surface area (Å²) in [7, 11) is 1.90. The van der Waals surface area contributed by atoms with Crippen molar-refractivity contribution >= 4 is 0 Å². The molecule has 3 rings (SSSR count). The number of aromatic nitrogens is 1. The third-order valence-corrected chi connectivity index (χ3v) is 5.13. The van der Waals surface area contributed by atoms with Gasteiger partial charge in [0.05, 0.1) is 6.10 Å². The summed E-state index contributed by atoms with van der Waals surface area (Å²) in [5.41, 5.74) is 5.67. The smallest absolute Gasteiger partial charge is 0.120 e. The fourth-order valence-electron chi connectivity index (χ4n) is 3.49. The summed E-state index contributed by atoms with van der Waals surface area (Å²) in [6.45, 7) is 5.82. The summed E-state index contributed by atoms with van der Waals surface area (Å²) in [4.78, 5) is 2.32. The molecule has 5 heteroatoms. The highest BCUT2D eigenvalue weighted by atomic mass is 16.3. The molecule has 2 aromatic rings. The SMILES string of the molecule is Cc1c(CNCC(O)CN2CCc3ccccc3C2)cc(C#N)n1C. The van der Waals surface area contributed by atoms with Crippen molar-refractivity contribution in [1.82, 2.24) is 14.8 Å². The molecule has 1 aliphatic heterocycles. The summed E-state index contributed by atoms with van der Waals surface area (Å²) >= 11 is 0. The van der Waals surface area contributed by atoms with Crippen LogP contribution in [0, 0.1) is 18.3 Å². The van der Waals surface area contributed by atoms with Gasteiger partial charge in [-0.25, -0.2) is 0 Å². The monoisotopic (exact) mass is 338 g/mol. The second-order valence-corrected chi connectivity index (χ2v) is 6.85. The molecule has 0 saturated heterocycles. The first-order chi connectivity index (χ1) is 12.1. The van der Waals surface area contributed by atoms with Crippen molar-refractivity contribution in [3.05, 3.63) is 58.4 Å². The predicted octanol–water partition coefficient (Wildman–Crippen LogP) is 1.71. The Labute approximate surface area is 149 Å². The van der Waals surface area contributed by atoms with Gasteiger partial charge in [0.15, 0.2) is 0 Å². The van der Waals surface area contributed by atoms with Crippen LogP contribution in [0.15, 0.2) is 30.3 Å². The topological polar surface area (TPSA) is 64.2 Å². The van der Waals surface area contributed by atoms with E-state index in [-0.39, 0.29) is 0 Å². The van der Waals surface area contributed by atoms with Crippen LogP contribution in [0.5, 0.6) is 0 Å². The van der Waals surface area contributed by atoms with Crippen LogP contribution in [0.3, 0.4) is 0 Å². The zero-order chi connectivity index (χ0) is 17.8. The minimum Gasteiger partial charge on any atom is -0.390 e. The van der Waals surface area contributed by atoms with Crippen molar-refractivity contribution in [2.24, 2.45) is 7.05 Å². The summed E-state index contributed by atoms with van der Waals surface area (Å²) in [6.07, 6.45) is 0.654. The number of aliphatic hydroxyl groups is 1. The molecular formula is C20H26N4O. The normalized spacial score (nSPS) is 15.6. The lowest BCUT2D eigenvalue weighted by atomic mass is 10.00. The number of rotatable bonds is 6. The van der Waals surface area contributed by atoms with Gasteiger partial charge in [-0.05, 0) is 36.1 Å². The van der Waals surface area contributed by atoms with Gasteiger partial charge >= 0.3 is 0 Å². The van der Waals surface area contributed by atoms with E-state index in [1.165, 1.54) is 11.1 Å². The van der Waals surface area contributed by atoms with Gasteiger partial charge in [-0.3, -0.25) is 4.90 Å². The quantitative estimate of drug-likeness (QED) is 0.842. The Hall–Kier alpha value is -2.13. The van der Waals surface area contributed by atoms with Crippen LogP contribution < -0.4 is 5.32 Å². The molecule has 2 heterocycles. The Balaban J connectivity index is 1.46. The lowest BCUT2D eigenvalue weighted by molar-refractivity contribution is 0.104. The number of β-amino-alcohol motifs (C(OH)–C–C–N with tert-alkyl or cyclic N) is 1. The lowest BCUT2D eigenvalue weighted by Crippen LogP contribution is -2.40. The first kappa shape index (κ1) is 17.7.